The van der Waals surface area contributed by atoms with E-state index in [0.717, 1.165) is 6.07 Å². The van der Waals surface area contributed by atoms with Gasteiger partial charge in [0.15, 0.2) is 0 Å². The number of hydrogen-bond acceptors (Lipinski definition) is 6. The number of carbonyl (C=O) groups excluding carboxylic acids is 1. The van der Waals surface area contributed by atoms with E-state index in [0.29, 0.717) is 5.56 Å². The van der Waals surface area contributed by atoms with Crippen molar-refractivity contribution in [1.29, 1.82) is 0 Å². The number of hydrogen-bond donors (Lipinski definition) is 2. The maximum atomic E-state index is 12.8. The van der Waals surface area contributed by atoms with Crippen molar-refractivity contribution in [2.75, 3.05) is 6.16 Å². The van der Waals surface area contributed by atoms with Crippen molar-refractivity contribution >= 4 is 24.1 Å². The van der Waals surface area contributed by atoms with Gasteiger partial charge in [-0.1, -0.05) is 0 Å². The topological polar surface area (TPSA) is 110 Å². The fourth-order valence-electron chi connectivity index (χ4n) is 2.87. The van der Waals surface area contributed by atoms with E-state index in [1.54, 1.807) is 42.5 Å². The van der Waals surface area contributed by atoms with Crippen LogP contribution in [0.5, 0.6) is 0 Å². The van der Waals surface area contributed by atoms with E-state index in [4.69, 9.17) is 4.52 Å². The fourth-order valence-corrected chi connectivity index (χ4v) is 5.18. The molecule has 3 aromatic carbocycles. The minimum atomic E-state index is -5.12. The Kier molecular flexibility index (Phi) is 5.86. The van der Waals surface area contributed by atoms with E-state index < -0.39 is 24.2 Å². The van der Waals surface area contributed by atoms with Crippen LogP contribution < -0.4 is 5.30 Å². The molecule has 0 aliphatic heterocycles. The molecule has 0 aliphatic carbocycles. The molecule has 0 saturated heterocycles. The van der Waals surface area contributed by atoms with Crippen molar-refractivity contribution in [2.24, 2.45) is 0 Å². The second kappa shape index (κ2) is 8.19. The number of carbonyl (C=O) groups is 1. The number of nitro benzene ring substituents is 1. The van der Waals surface area contributed by atoms with Gasteiger partial charge in [-0.15, -0.1) is 0 Å². The molecule has 0 saturated carbocycles. The summed E-state index contributed by atoms with van der Waals surface area (Å²) >= 11 is 0. The first-order chi connectivity index (χ1) is 13.8. The Bertz CT molecular complexity index is 1020. The SMILES string of the molecule is O=C(CP(O)(O)(OCc1ccccc1)c1ccccc1)c1cccc([N+](=O)[O-])c1. The molecule has 8 heteroatoms. The van der Waals surface area contributed by atoms with Crippen LogP contribution in [0.1, 0.15) is 15.9 Å². The Morgan fingerprint density at radius 3 is 2.17 bits per heavy atom. The van der Waals surface area contributed by atoms with E-state index in [2.05, 4.69) is 0 Å². The summed E-state index contributed by atoms with van der Waals surface area (Å²) in [5.74, 6) is -0.659. The molecule has 29 heavy (non-hydrogen) atoms. The van der Waals surface area contributed by atoms with Gasteiger partial charge in [0.25, 0.3) is 0 Å². The van der Waals surface area contributed by atoms with Gasteiger partial charge in [-0.3, -0.25) is 0 Å². The van der Waals surface area contributed by atoms with Crippen LogP contribution in [-0.2, 0) is 11.1 Å². The number of non-ortho nitro benzene ring substituents is 1. The van der Waals surface area contributed by atoms with Crippen molar-refractivity contribution in [1.82, 2.24) is 0 Å². The van der Waals surface area contributed by atoms with Gasteiger partial charge in [0, 0.05) is 0 Å². The summed E-state index contributed by atoms with van der Waals surface area (Å²) in [6, 6.07) is 22.0. The van der Waals surface area contributed by atoms with Crippen LogP contribution in [0, 0.1) is 10.1 Å². The van der Waals surface area contributed by atoms with Crippen LogP contribution in [0.3, 0.4) is 0 Å². The van der Waals surface area contributed by atoms with Gasteiger partial charge in [-0.25, -0.2) is 0 Å². The number of rotatable bonds is 8. The summed E-state index contributed by atoms with van der Waals surface area (Å²) in [5.41, 5.74) is 0.468. The van der Waals surface area contributed by atoms with Crippen LogP contribution in [0.2, 0.25) is 0 Å². The van der Waals surface area contributed by atoms with Crippen molar-refractivity contribution in [3.63, 3.8) is 0 Å². The molecule has 0 aliphatic rings. The number of ketones is 1. The summed E-state index contributed by atoms with van der Waals surface area (Å²) in [6.07, 6.45) is -0.719. The molecule has 0 radical (unpaired) electrons. The number of nitrogens with zero attached hydrogens (tertiary/aromatic N) is 1. The summed E-state index contributed by atoms with van der Waals surface area (Å²) in [7, 11) is -5.12. The predicted octanol–water partition coefficient (Wildman–Crippen LogP) is 3.60. The average molecular weight is 413 g/mol. The third-order valence-corrected chi connectivity index (χ3v) is 7.29. The van der Waals surface area contributed by atoms with Crippen molar-refractivity contribution in [3.8, 4) is 0 Å². The molecular formula is C21H20NO6P. The van der Waals surface area contributed by atoms with Gasteiger partial charge in [0.2, 0.25) is 0 Å². The minimum absolute atomic E-state index is 0.00976. The first-order valence-corrected chi connectivity index (χ1v) is 11.0. The molecule has 0 spiro atoms. The van der Waals surface area contributed by atoms with Crippen molar-refractivity contribution in [2.45, 2.75) is 6.61 Å². The predicted molar refractivity (Wildman–Crippen MR) is 111 cm³/mol. The van der Waals surface area contributed by atoms with Crippen molar-refractivity contribution < 1.29 is 24.0 Å². The summed E-state index contributed by atoms with van der Waals surface area (Å²) in [6.45, 7) is -0.108. The first kappa shape index (κ1) is 20.8. The zero-order valence-corrected chi connectivity index (χ0v) is 16.3. The van der Waals surface area contributed by atoms with Crippen LogP contribution in [0.4, 0.5) is 5.69 Å². The van der Waals surface area contributed by atoms with Crippen LogP contribution >= 0.6 is 7.28 Å². The Morgan fingerprint density at radius 2 is 1.55 bits per heavy atom. The quantitative estimate of drug-likeness (QED) is 0.253. The molecule has 0 amide bonds. The molecule has 3 aromatic rings. The molecule has 0 aromatic heterocycles. The van der Waals surface area contributed by atoms with Crippen molar-refractivity contribution in [3.05, 3.63) is 106 Å². The molecule has 0 heterocycles. The number of benzene rings is 3. The van der Waals surface area contributed by atoms with Gasteiger partial charge in [0.05, 0.1) is 0 Å². The van der Waals surface area contributed by atoms with Crippen LogP contribution in [0.25, 0.3) is 0 Å². The van der Waals surface area contributed by atoms with Gasteiger partial charge in [-0.05, 0) is 0 Å². The number of nitro groups is 1. The van der Waals surface area contributed by atoms with Gasteiger partial charge >= 0.3 is 167 Å². The zero-order chi connectivity index (χ0) is 20.9. The molecule has 3 rings (SSSR count). The molecule has 0 fully saturated rings. The van der Waals surface area contributed by atoms with Crippen LogP contribution in [0.15, 0.2) is 84.9 Å². The third kappa shape index (κ3) is 4.91. The maximum absolute atomic E-state index is 12.8. The van der Waals surface area contributed by atoms with Crippen LogP contribution in [-0.4, -0.2) is 26.7 Å². The summed E-state index contributed by atoms with van der Waals surface area (Å²) < 4.78 is 5.65. The molecular weight excluding hydrogens is 393 g/mol. The molecule has 0 unspecified atom stereocenters. The van der Waals surface area contributed by atoms with Gasteiger partial charge in [0.1, 0.15) is 0 Å². The molecule has 0 atom stereocenters. The molecule has 150 valence electrons. The van der Waals surface area contributed by atoms with Gasteiger partial charge in [-0.2, -0.15) is 0 Å². The van der Waals surface area contributed by atoms with E-state index >= 15 is 0 Å². The van der Waals surface area contributed by atoms with Gasteiger partial charge < -0.3 is 0 Å². The monoisotopic (exact) mass is 413 g/mol. The normalized spacial score (nSPS) is 12.7. The Morgan fingerprint density at radius 1 is 0.931 bits per heavy atom. The Balaban J connectivity index is 1.94. The van der Waals surface area contributed by atoms with E-state index in [1.807, 2.05) is 6.07 Å². The average Bonchev–Trinajstić information content (AvgIpc) is 2.74. The third-order valence-electron chi connectivity index (χ3n) is 4.43. The second-order valence-electron chi connectivity index (χ2n) is 6.60. The Hall–Kier alpha value is -2.96. The van der Waals surface area contributed by atoms with E-state index in [9.17, 15) is 24.7 Å². The summed E-state index contributed by atoms with van der Waals surface area (Å²) in [5, 5.41) is 11.1. The van der Waals surface area contributed by atoms with E-state index in [-0.39, 0.29) is 23.2 Å². The Labute approximate surface area is 167 Å². The molecule has 0 bridgehead atoms. The fraction of sp³-hybridized carbons (Fsp3) is 0.0952. The van der Waals surface area contributed by atoms with E-state index in [1.165, 1.54) is 30.3 Å². The number of Topliss-reactive ketones (excluding diaryl/α,β-unsaturated/α-hetero) is 1. The second-order valence-corrected chi connectivity index (χ2v) is 9.92. The molecule has 7 nitrogen and oxygen atoms in total. The molecule has 2 N–H and O–H groups in total. The standard InChI is InChI=1S/C21H20NO6P/c23-21(18-10-7-11-19(14-18)22(24)25)16-29(26,27,20-12-5-2-6-13-20)28-15-17-8-3-1-4-9-17/h1-14,26-27H,15-16H2. The zero-order valence-electron chi connectivity index (χ0n) is 15.4. The first-order valence-electron chi connectivity index (χ1n) is 8.80. The summed E-state index contributed by atoms with van der Waals surface area (Å²) in [4.78, 5) is 45.9.